The van der Waals surface area contributed by atoms with E-state index in [2.05, 4.69) is 0 Å². The molecule has 1 amide bonds. The first-order valence-corrected chi connectivity index (χ1v) is 5.87. The molecule has 0 aromatic heterocycles. The Bertz CT molecular complexity index is 360. The zero-order chi connectivity index (χ0) is 13.6. The second kappa shape index (κ2) is 3.70. The minimum Gasteiger partial charge on any atom is -0.477 e. The molecule has 17 heavy (non-hydrogen) atoms. The van der Waals surface area contributed by atoms with E-state index in [1.165, 1.54) is 0 Å². The van der Waals surface area contributed by atoms with Crippen molar-refractivity contribution < 1.29 is 24.3 Å². The van der Waals surface area contributed by atoms with E-state index in [0.29, 0.717) is 12.8 Å². The highest BCUT2D eigenvalue weighted by atomic mass is 16.4. The molecular weight excluding hydrogens is 222 g/mol. The van der Waals surface area contributed by atoms with E-state index in [0.717, 1.165) is 0 Å². The summed E-state index contributed by atoms with van der Waals surface area (Å²) in [7, 11) is 0. The number of rotatable bonds is 1. The van der Waals surface area contributed by atoms with Gasteiger partial charge in [-0.15, -0.1) is 0 Å². The molecule has 1 fully saturated rings. The Morgan fingerprint density at radius 1 is 1.29 bits per heavy atom. The van der Waals surface area contributed by atoms with Crippen LogP contribution in [0.4, 0.5) is 4.79 Å². The van der Waals surface area contributed by atoms with Crippen molar-refractivity contribution in [3.8, 4) is 0 Å². The second-order valence-corrected chi connectivity index (χ2v) is 6.14. The number of aliphatic carboxylic acids is 1. The fraction of sp³-hybridized carbons (Fsp3) is 0.833. The summed E-state index contributed by atoms with van der Waals surface area (Å²) in [4.78, 5) is 23.4. The summed E-state index contributed by atoms with van der Waals surface area (Å²) in [6.45, 7) is 8.77. The van der Waals surface area contributed by atoms with Crippen molar-refractivity contribution in [3.63, 3.8) is 0 Å². The third-order valence-corrected chi connectivity index (χ3v) is 4.31. The zero-order valence-electron chi connectivity index (χ0n) is 11.1. The number of carboxylic acid groups (broad SMARTS) is 2. The minimum atomic E-state index is -1.26. The molecule has 98 valence electrons. The molecule has 0 aromatic carbocycles. The van der Waals surface area contributed by atoms with Crippen LogP contribution in [0.2, 0.25) is 0 Å². The zero-order valence-corrected chi connectivity index (χ0v) is 11.1. The van der Waals surface area contributed by atoms with Crippen LogP contribution in [0.1, 0.15) is 47.5 Å². The first-order valence-electron chi connectivity index (χ1n) is 5.87. The van der Waals surface area contributed by atoms with Gasteiger partial charge in [-0.05, 0) is 27.7 Å². The summed E-state index contributed by atoms with van der Waals surface area (Å²) in [6, 6.07) is -0.200. The molecule has 5 heteroatoms. The fourth-order valence-electron chi connectivity index (χ4n) is 3.69. The Morgan fingerprint density at radius 3 is 2.00 bits per heavy atom. The van der Waals surface area contributed by atoms with E-state index in [9.17, 15) is 19.8 Å². The van der Waals surface area contributed by atoms with Gasteiger partial charge in [0.2, 0.25) is 5.54 Å². The molecule has 1 saturated heterocycles. The SMILES string of the molecule is C[C@H]1CC[C@](C)(C(=O)O)[N+]1(C(=O)O)C(C)(C)C. The van der Waals surface area contributed by atoms with Crippen LogP contribution in [-0.4, -0.2) is 43.9 Å². The van der Waals surface area contributed by atoms with Crippen LogP contribution in [0.3, 0.4) is 0 Å². The number of nitrogens with zero attached hydrogens (tertiary/aromatic N) is 1. The number of amides is 1. The summed E-state index contributed by atoms with van der Waals surface area (Å²) >= 11 is 0. The molecule has 1 heterocycles. The molecule has 0 spiro atoms. The van der Waals surface area contributed by atoms with Gasteiger partial charge in [-0.2, -0.15) is 4.79 Å². The largest absolute Gasteiger partial charge is 0.515 e. The smallest absolute Gasteiger partial charge is 0.477 e. The average Bonchev–Trinajstić information content (AvgIpc) is 2.39. The van der Waals surface area contributed by atoms with Gasteiger partial charge in [-0.1, -0.05) is 0 Å². The molecule has 5 nitrogen and oxygen atoms in total. The lowest BCUT2D eigenvalue weighted by atomic mass is 9.89. The highest BCUT2D eigenvalue weighted by molar-refractivity contribution is 5.80. The lowest BCUT2D eigenvalue weighted by Crippen LogP contribution is -2.75. The van der Waals surface area contributed by atoms with E-state index >= 15 is 0 Å². The molecule has 1 unspecified atom stereocenters. The summed E-state index contributed by atoms with van der Waals surface area (Å²) in [5.74, 6) is -1.03. The molecule has 0 radical (unpaired) electrons. The van der Waals surface area contributed by atoms with Crippen molar-refractivity contribution >= 4 is 12.1 Å². The maximum atomic E-state index is 11.8. The molecule has 0 saturated carbocycles. The number of quaternary nitrogens is 1. The Morgan fingerprint density at radius 2 is 1.76 bits per heavy atom. The van der Waals surface area contributed by atoms with E-state index in [1.807, 2.05) is 6.92 Å². The third-order valence-electron chi connectivity index (χ3n) is 4.31. The Hall–Kier alpha value is -1.10. The van der Waals surface area contributed by atoms with E-state index in [1.54, 1.807) is 27.7 Å². The Kier molecular flexibility index (Phi) is 3.04. The predicted octanol–water partition coefficient (Wildman–Crippen LogP) is 2.31. The summed E-state index contributed by atoms with van der Waals surface area (Å²) in [6.07, 6.45) is -0.0354. The van der Waals surface area contributed by atoms with Crippen molar-refractivity contribution in [3.05, 3.63) is 0 Å². The third kappa shape index (κ3) is 1.48. The monoisotopic (exact) mass is 244 g/mol. The Labute approximate surface area is 102 Å². The minimum absolute atomic E-state index is 0.200. The molecule has 0 aromatic rings. The van der Waals surface area contributed by atoms with Crippen molar-refractivity contribution in [2.45, 2.75) is 64.6 Å². The van der Waals surface area contributed by atoms with Gasteiger partial charge in [0.1, 0.15) is 5.54 Å². The average molecular weight is 244 g/mol. The lowest BCUT2D eigenvalue weighted by molar-refractivity contribution is -0.947. The molecule has 0 bridgehead atoms. The normalized spacial score (nSPS) is 38.1. The number of carbonyl (C=O) groups is 2. The molecule has 1 aliphatic rings. The molecule has 2 N–H and O–H groups in total. The van der Waals surface area contributed by atoms with Crippen LogP contribution < -0.4 is 0 Å². The standard InChI is InChI=1S/C12H21NO4/c1-8-6-7-12(5,9(14)15)13(8,10(16)17)11(2,3)4/h8H,6-7H2,1-5H3,(H-,14,15,16,17)/p+1/t8-,12+,13?/m0/s1. The summed E-state index contributed by atoms with van der Waals surface area (Å²) < 4.78 is -0.407. The maximum absolute atomic E-state index is 11.8. The number of hydrogen-bond acceptors (Lipinski definition) is 2. The van der Waals surface area contributed by atoms with Crippen molar-refractivity contribution in [2.75, 3.05) is 0 Å². The van der Waals surface area contributed by atoms with Crippen LogP contribution in [-0.2, 0) is 4.79 Å². The fourth-order valence-corrected chi connectivity index (χ4v) is 3.69. The van der Waals surface area contributed by atoms with Crippen LogP contribution in [0.15, 0.2) is 0 Å². The predicted molar refractivity (Wildman–Crippen MR) is 62.8 cm³/mol. The summed E-state index contributed by atoms with van der Waals surface area (Å²) in [5, 5.41) is 19.1. The van der Waals surface area contributed by atoms with Gasteiger partial charge in [-0.3, -0.25) is 0 Å². The van der Waals surface area contributed by atoms with E-state index in [-0.39, 0.29) is 6.04 Å². The van der Waals surface area contributed by atoms with Gasteiger partial charge in [0.25, 0.3) is 0 Å². The van der Waals surface area contributed by atoms with Crippen molar-refractivity contribution in [2.24, 2.45) is 0 Å². The number of hydrogen-bond donors (Lipinski definition) is 2. The van der Waals surface area contributed by atoms with Crippen LogP contribution in [0, 0.1) is 0 Å². The van der Waals surface area contributed by atoms with Crippen LogP contribution >= 0.6 is 0 Å². The molecule has 1 rings (SSSR count). The maximum Gasteiger partial charge on any atom is 0.515 e. The topological polar surface area (TPSA) is 74.6 Å². The Balaban J connectivity index is 3.55. The van der Waals surface area contributed by atoms with Gasteiger partial charge in [0.05, 0.1) is 6.04 Å². The van der Waals surface area contributed by atoms with Crippen molar-refractivity contribution in [1.29, 1.82) is 0 Å². The first kappa shape index (κ1) is 14.0. The lowest BCUT2D eigenvalue weighted by Gasteiger charge is -2.50. The van der Waals surface area contributed by atoms with Gasteiger partial charge < -0.3 is 10.2 Å². The summed E-state index contributed by atoms with van der Waals surface area (Å²) in [5.41, 5.74) is -1.92. The molecule has 0 aliphatic carbocycles. The number of likely N-dealkylation sites (tertiary alicyclic amines) is 1. The quantitative estimate of drug-likeness (QED) is 0.694. The van der Waals surface area contributed by atoms with Crippen molar-refractivity contribution in [1.82, 2.24) is 0 Å². The molecule has 1 aliphatic heterocycles. The van der Waals surface area contributed by atoms with E-state index < -0.39 is 27.6 Å². The van der Waals surface area contributed by atoms with Crippen LogP contribution in [0.5, 0.6) is 0 Å². The second-order valence-electron chi connectivity index (χ2n) is 6.14. The highest BCUT2D eigenvalue weighted by Gasteiger charge is 2.70. The highest BCUT2D eigenvalue weighted by Crippen LogP contribution is 2.48. The molecule has 3 atom stereocenters. The molecular formula is C12H22NO4+. The number of carboxylic acids is 1. The first-order chi connectivity index (χ1) is 7.51. The van der Waals surface area contributed by atoms with Gasteiger partial charge in [0, 0.05) is 19.8 Å². The van der Waals surface area contributed by atoms with Gasteiger partial charge in [-0.25, -0.2) is 9.28 Å². The van der Waals surface area contributed by atoms with Gasteiger partial charge >= 0.3 is 12.1 Å². The van der Waals surface area contributed by atoms with Gasteiger partial charge in [0.15, 0.2) is 0 Å². The van der Waals surface area contributed by atoms with E-state index in [4.69, 9.17) is 0 Å². The van der Waals surface area contributed by atoms with Crippen LogP contribution in [0.25, 0.3) is 0 Å².